The van der Waals surface area contributed by atoms with Crippen LogP contribution >= 0.6 is 11.8 Å². The lowest BCUT2D eigenvalue weighted by atomic mass is 9.88. The number of aryl methyl sites for hydroxylation is 1. The number of hydrogen-bond donors (Lipinski definition) is 1. The van der Waals surface area contributed by atoms with Crippen LogP contribution in [0.3, 0.4) is 0 Å². The summed E-state index contributed by atoms with van der Waals surface area (Å²) in [4.78, 5) is 12.8. The van der Waals surface area contributed by atoms with Crippen molar-refractivity contribution in [3.05, 3.63) is 102 Å². The molecule has 0 fully saturated rings. The molecule has 0 saturated heterocycles. The van der Waals surface area contributed by atoms with Gasteiger partial charge in [0.2, 0.25) is 5.91 Å². The molecule has 178 valence electrons. The minimum atomic E-state index is -0.436. The number of halogens is 1. The summed E-state index contributed by atoms with van der Waals surface area (Å²) < 4.78 is 21.5. The van der Waals surface area contributed by atoms with Crippen molar-refractivity contribution in [1.29, 1.82) is 0 Å². The predicted molar refractivity (Wildman–Crippen MR) is 133 cm³/mol. The summed E-state index contributed by atoms with van der Waals surface area (Å²) in [6.07, 6.45) is 3.04. The van der Waals surface area contributed by atoms with Gasteiger partial charge in [-0.1, -0.05) is 66.4 Å². The van der Waals surface area contributed by atoms with Gasteiger partial charge in [0, 0.05) is 5.69 Å². The fourth-order valence-electron chi connectivity index (χ4n) is 4.30. The van der Waals surface area contributed by atoms with Gasteiger partial charge < -0.3 is 10.1 Å². The number of ether oxygens (including phenoxy) is 1. The van der Waals surface area contributed by atoms with Gasteiger partial charge in [-0.25, -0.2) is 4.39 Å². The Kier molecular flexibility index (Phi) is 7.09. The van der Waals surface area contributed by atoms with Crippen LogP contribution in [0.5, 0.6) is 5.75 Å². The second-order valence-corrected chi connectivity index (χ2v) is 9.23. The molecule has 0 aliphatic heterocycles. The molecule has 1 atom stereocenters. The Bertz CT molecular complexity index is 1310. The fraction of sp³-hybridized carbons (Fsp3) is 0.222. The van der Waals surface area contributed by atoms with E-state index in [0.29, 0.717) is 11.0 Å². The quantitative estimate of drug-likeness (QED) is 0.342. The topological polar surface area (TPSA) is 69.0 Å². The van der Waals surface area contributed by atoms with Crippen molar-refractivity contribution in [2.45, 2.75) is 37.1 Å². The lowest BCUT2D eigenvalue weighted by Crippen LogP contribution is -2.32. The van der Waals surface area contributed by atoms with Gasteiger partial charge in [0.15, 0.2) is 22.5 Å². The van der Waals surface area contributed by atoms with Gasteiger partial charge in [-0.2, -0.15) is 0 Å². The molecule has 0 radical (unpaired) electrons. The molecule has 6 nitrogen and oxygen atoms in total. The number of aromatic nitrogens is 3. The molecule has 35 heavy (non-hydrogen) atoms. The van der Waals surface area contributed by atoms with Gasteiger partial charge in [0.1, 0.15) is 6.61 Å². The number of para-hydroxylation sites is 2. The van der Waals surface area contributed by atoms with E-state index in [4.69, 9.17) is 4.74 Å². The normalized spacial score (nSPS) is 14.8. The first kappa shape index (κ1) is 23.1. The predicted octanol–water partition coefficient (Wildman–Crippen LogP) is 5.27. The monoisotopic (exact) mass is 488 g/mol. The van der Waals surface area contributed by atoms with Gasteiger partial charge in [0.05, 0.1) is 11.8 Å². The van der Waals surface area contributed by atoms with Crippen molar-refractivity contribution in [2.24, 2.45) is 0 Å². The van der Waals surface area contributed by atoms with Crippen LogP contribution in [0.25, 0.3) is 5.69 Å². The zero-order chi connectivity index (χ0) is 24.0. The summed E-state index contributed by atoms with van der Waals surface area (Å²) >= 11 is 1.31. The van der Waals surface area contributed by atoms with E-state index in [1.54, 1.807) is 18.2 Å². The number of thioether (sulfide) groups is 1. The van der Waals surface area contributed by atoms with Crippen LogP contribution in [0.15, 0.2) is 84.0 Å². The van der Waals surface area contributed by atoms with Crippen LogP contribution in [0.1, 0.15) is 35.8 Å². The van der Waals surface area contributed by atoms with E-state index in [-0.39, 0.29) is 30.1 Å². The lowest BCUT2D eigenvalue weighted by Gasteiger charge is -2.26. The Balaban J connectivity index is 1.30. The zero-order valence-electron chi connectivity index (χ0n) is 19.1. The van der Waals surface area contributed by atoms with Crippen molar-refractivity contribution in [3.63, 3.8) is 0 Å². The van der Waals surface area contributed by atoms with Gasteiger partial charge in [-0.05, 0) is 54.7 Å². The molecule has 1 aromatic heterocycles. The first-order chi connectivity index (χ1) is 17.2. The highest BCUT2D eigenvalue weighted by Gasteiger charge is 2.22. The van der Waals surface area contributed by atoms with E-state index in [0.717, 1.165) is 24.9 Å². The fourth-order valence-corrected chi connectivity index (χ4v) is 5.08. The standard InChI is InChI=1S/C27H25FN4O2S/c28-22-14-6-7-16-24(22)34-17-25-30-31-27(32(25)20-11-2-1-3-12-20)35-18-26(33)29-23-15-8-10-19-9-4-5-13-21(19)23/h1-7,9,11-14,16,23H,8,10,15,17-18H2,(H,29,33). The minimum Gasteiger partial charge on any atom is -0.483 e. The third kappa shape index (κ3) is 5.38. The summed E-state index contributed by atoms with van der Waals surface area (Å²) in [6, 6.07) is 24.2. The maximum atomic E-state index is 14.0. The molecule has 4 aromatic rings. The molecule has 1 aliphatic carbocycles. The molecule has 8 heteroatoms. The SMILES string of the molecule is O=C(CSc1nnc(COc2ccccc2F)n1-c1ccccc1)NC1CCCc2ccccc21. The van der Waals surface area contributed by atoms with Gasteiger partial charge in [0.25, 0.3) is 0 Å². The van der Waals surface area contributed by atoms with Crippen molar-refractivity contribution in [2.75, 3.05) is 5.75 Å². The van der Waals surface area contributed by atoms with E-state index < -0.39 is 5.82 Å². The second-order valence-electron chi connectivity index (χ2n) is 8.29. The molecular formula is C27H25FN4O2S. The van der Waals surface area contributed by atoms with Crippen LogP contribution in [-0.2, 0) is 17.8 Å². The third-order valence-electron chi connectivity index (χ3n) is 5.95. The number of carbonyl (C=O) groups excluding carboxylic acids is 1. The Morgan fingerprint density at radius 3 is 2.66 bits per heavy atom. The van der Waals surface area contributed by atoms with Crippen molar-refractivity contribution >= 4 is 17.7 Å². The van der Waals surface area contributed by atoms with E-state index in [9.17, 15) is 9.18 Å². The van der Waals surface area contributed by atoms with Crippen molar-refractivity contribution in [1.82, 2.24) is 20.1 Å². The Hall–Kier alpha value is -3.65. The van der Waals surface area contributed by atoms with Crippen LogP contribution in [-0.4, -0.2) is 26.4 Å². The number of nitrogens with zero attached hydrogens (tertiary/aromatic N) is 3. The minimum absolute atomic E-state index is 0.0322. The van der Waals surface area contributed by atoms with E-state index in [1.165, 1.54) is 29.0 Å². The zero-order valence-corrected chi connectivity index (χ0v) is 19.9. The first-order valence-electron chi connectivity index (χ1n) is 11.6. The highest BCUT2D eigenvalue weighted by molar-refractivity contribution is 7.99. The Morgan fingerprint density at radius 2 is 1.80 bits per heavy atom. The van der Waals surface area contributed by atoms with Gasteiger partial charge >= 0.3 is 0 Å². The van der Waals surface area contributed by atoms with Gasteiger partial charge in [-0.15, -0.1) is 10.2 Å². The summed E-state index contributed by atoms with van der Waals surface area (Å²) in [7, 11) is 0. The number of fused-ring (bicyclic) bond motifs is 1. The molecule has 0 saturated carbocycles. The molecule has 5 rings (SSSR count). The maximum Gasteiger partial charge on any atom is 0.230 e. The number of rotatable bonds is 8. The summed E-state index contributed by atoms with van der Waals surface area (Å²) in [6.45, 7) is 0.0362. The largest absolute Gasteiger partial charge is 0.483 e. The average Bonchev–Trinajstić information content (AvgIpc) is 3.30. The molecule has 1 aliphatic rings. The van der Waals surface area contributed by atoms with Crippen molar-refractivity contribution < 1.29 is 13.9 Å². The molecule has 1 heterocycles. The lowest BCUT2D eigenvalue weighted by molar-refractivity contribution is -0.119. The molecule has 1 unspecified atom stereocenters. The van der Waals surface area contributed by atoms with Crippen LogP contribution < -0.4 is 10.1 Å². The molecule has 0 bridgehead atoms. The molecular weight excluding hydrogens is 463 g/mol. The highest BCUT2D eigenvalue weighted by atomic mass is 32.2. The molecule has 3 aromatic carbocycles. The molecule has 0 spiro atoms. The maximum absolute atomic E-state index is 14.0. The first-order valence-corrected chi connectivity index (χ1v) is 12.5. The third-order valence-corrected chi connectivity index (χ3v) is 6.87. The summed E-state index contributed by atoms with van der Waals surface area (Å²) in [5.41, 5.74) is 3.35. The molecule has 1 N–H and O–H groups in total. The summed E-state index contributed by atoms with van der Waals surface area (Å²) in [5.74, 6) is 0.384. The number of carbonyl (C=O) groups is 1. The smallest absolute Gasteiger partial charge is 0.230 e. The number of benzene rings is 3. The number of hydrogen-bond acceptors (Lipinski definition) is 5. The van der Waals surface area contributed by atoms with E-state index in [1.807, 2.05) is 47.0 Å². The van der Waals surface area contributed by atoms with Crippen molar-refractivity contribution in [3.8, 4) is 11.4 Å². The van der Waals surface area contributed by atoms with E-state index in [2.05, 4.69) is 27.6 Å². The number of amides is 1. The second kappa shape index (κ2) is 10.7. The highest BCUT2D eigenvalue weighted by Crippen LogP contribution is 2.30. The van der Waals surface area contributed by atoms with E-state index >= 15 is 0 Å². The van der Waals surface area contributed by atoms with Gasteiger partial charge in [-0.3, -0.25) is 9.36 Å². The number of nitrogens with one attached hydrogen (secondary N) is 1. The molecule has 1 amide bonds. The summed E-state index contributed by atoms with van der Waals surface area (Å²) in [5, 5.41) is 12.3. The van der Waals surface area contributed by atoms with Crippen LogP contribution in [0, 0.1) is 5.82 Å². The average molecular weight is 489 g/mol. The van der Waals surface area contributed by atoms with Crippen LogP contribution in [0.2, 0.25) is 0 Å². The van der Waals surface area contributed by atoms with Crippen LogP contribution in [0.4, 0.5) is 4.39 Å². The Labute approximate surface area is 207 Å². The Morgan fingerprint density at radius 1 is 1.03 bits per heavy atom.